The molecule has 3 saturated carbocycles. The molecule has 3 fully saturated rings. The first kappa shape index (κ1) is 72.7. The molecule has 105 heavy (non-hydrogen) atoms. The van der Waals surface area contributed by atoms with E-state index in [1.807, 2.05) is 112 Å². The van der Waals surface area contributed by atoms with Gasteiger partial charge >= 0.3 is 18.3 Å². The summed E-state index contributed by atoms with van der Waals surface area (Å²) in [5, 5.41) is 9.13. The largest absolute Gasteiger partial charge is 0.450 e. The fourth-order valence-corrected chi connectivity index (χ4v) is 17.0. The van der Waals surface area contributed by atoms with Crippen LogP contribution >= 0.6 is 0 Å². The maximum Gasteiger partial charge on any atom is 0.407 e. The van der Waals surface area contributed by atoms with Crippen molar-refractivity contribution in [2.75, 3.05) is 19.8 Å². The van der Waals surface area contributed by atoms with Gasteiger partial charge in [0.1, 0.15) is 17.5 Å². The van der Waals surface area contributed by atoms with Crippen LogP contribution in [0.3, 0.4) is 0 Å². The molecule has 9 aromatic rings. The number of rotatable bonds is 15. The molecule has 18 heteroatoms. The molecule has 540 valence electrons. The number of halogens is 3. The molecule has 6 heterocycles. The van der Waals surface area contributed by atoms with Crippen LogP contribution in [0.2, 0.25) is 0 Å². The van der Waals surface area contributed by atoms with Crippen molar-refractivity contribution in [1.82, 2.24) is 45.9 Å². The number of benzene rings is 3. The molecule has 0 aliphatic heterocycles. The number of carbonyl (C=O) groups excluding carboxylic acids is 3. The maximum atomic E-state index is 13.6. The van der Waals surface area contributed by atoms with E-state index in [1.54, 1.807) is 36.8 Å². The van der Waals surface area contributed by atoms with Gasteiger partial charge in [-0.2, -0.15) is 0 Å². The number of hydrogen-bond acceptors (Lipinski definition) is 12. The van der Waals surface area contributed by atoms with E-state index in [-0.39, 0.29) is 71.6 Å². The van der Waals surface area contributed by atoms with E-state index in [2.05, 4.69) is 95.5 Å². The fraction of sp³-hybridized carbons (Fsp3) is 0.345. The molecule has 0 unspecified atom stereocenters. The lowest BCUT2D eigenvalue weighted by molar-refractivity contribution is 0.128. The second-order valence-electron chi connectivity index (χ2n) is 28.3. The Morgan fingerprint density at radius 2 is 0.810 bits per heavy atom. The van der Waals surface area contributed by atoms with Crippen LogP contribution < -0.4 is 16.0 Å². The predicted octanol–water partition coefficient (Wildman–Crippen LogP) is 18.5. The summed E-state index contributed by atoms with van der Waals surface area (Å²) in [6.45, 7) is 6.62. The zero-order valence-corrected chi connectivity index (χ0v) is 59.6. The highest BCUT2D eigenvalue weighted by atomic mass is 19.1. The SMILES string of the molecule is CCOC(=O)N[C@@H]1CC[C@@H]2[C@H](Cc3cccnc3[C@H]2/C=C/c2ccc(-c3cccc(F)c3)cn2)C1.CCOC(=O)N[C@@H]1CC[C@@H]2[C@H](Cc3ccncc3[C@H]2/C=C/c2ccc(-c3cccc(F)c3)cn2)C1.CCOC(=O)N[C@@H]1CC[C@@H]2[C@H](Cc3cnccc3[C@H]2/C=C/c2ccc(-c3cccc(F)c3)cn2)C1. The van der Waals surface area contributed by atoms with Crippen LogP contribution in [0.5, 0.6) is 0 Å². The second kappa shape index (κ2) is 34.8. The predicted molar refractivity (Wildman–Crippen MR) is 402 cm³/mol. The van der Waals surface area contributed by atoms with Crippen LogP contribution in [0, 0.1) is 53.0 Å². The summed E-state index contributed by atoms with van der Waals surface area (Å²) < 4.78 is 56.0. The number of fused-ring (bicyclic) bond motifs is 6. The van der Waals surface area contributed by atoms with E-state index in [0.717, 1.165) is 133 Å². The molecule has 6 aliphatic carbocycles. The molecule has 15 nitrogen and oxygen atoms in total. The number of hydrogen-bond donors (Lipinski definition) is 3. The van der Waals surface area contributed by atoms with Crippen molar-refractivity contribution in [2.45, 2.75) is 134 Å². The monoisotopic (exact) mass is 1410 g/mol. The molecule has 6 aromatic heterocycles. The van der Waals surface area contributed by atoms with E-state index in [0.29, 0.717) is 55.3 Å². The van der Waals surface area contributed by atoms with E-state index in [1.165, 1.54) is 64.2 Å². The summed E-state index contributed by atoms with van der Waals surface area (Å²) in [4.78, 5) is 63.2. The topological polar surface area (TPSA) is 192 Å². The molecule has 12 atom stereocenters. The highest BCUT2D eigenvalue weighted by molar-refractivity contribution is 5.70. The second-order valence-corrected chi connectivity index (χ2v) is 28.3. The van der Waals surface area contributed by atoms with Crippen LogP contribution in [0.4, 0.5) is 27.6 Å². The van der Waals surface area contributed by atoms with Crippen molar-refractivity contribution in [1.29, 1.82) is 0 Å². The number of nitrogens with zero attached hydrogens (tertiary/aromatic N) is 6. The van der Waals surface area contributed by atoms with E-state index in [9.17, 15) is 27.6 Å². The molecule has 0 saturated heterocycles. The number of carbonyl (C=O) groups is 3. The standard InChI is InChI=1S/3C29H30FN3O2/c1-2-35-29(34)33-25-11-12-26-22(17-25)15-20-6-4-14-31-28(20)27(26)13-10-24-9-8-21(18-32-24)19-5-3-7-23(30)16-19;1-2-35-29(34)33-25-9-10-26-22(16-25)14-20-12-13-31-18-28(20)27(26)11-8-24-7-6-21(17-32-24)19-4-3-5-23(30)15-19;1-2-35-29(34)33-25-9-10-26-21(16-25)14-22-17-31-13-12-27(22)28(26)11-8-24-7-6-20(18-32-24)19-4-3-5-23(30)15-19/h3-10,13-14,16,18,22,25-27H,2,11-12,15,17H2,1H3,(H,33,34);3-8,11-13,15,17-18,22,25-27H,2,9-10,14,16H2,1H3,(H,33,34);3-8,11-13,15,17-18,21,25-26,28H,2,9-10,14,16H2,1H3,(H,33,34)/b13-10+;2*11-8+/t2*22-,25-,26-,27+;21-,25-,26-,28+/m111/s1. The lowest BCUT2D eigenvalue weighted by atomic mass is 9.62. The average molecular weight is 1410 g/mol. The van der Waals surface area contributed by atoms with Crippen molar-refractivity contribution in [3.63, 3.8) is 0 Å². The Labute approximate surface area is 612 Å². The molecule has 0 radical (unpaired) electrons. The third kappa shape index (κ3) is 18.5. The molecule has 3 N–H and O–H groups in total. The lowest BCUT2D eigenvalue weighted by Gasteiger charge is -2.44. The van der Waals surface area contributed by atoms with Crippen molar-refractivity contribution < 1.29 is 41.8 Å². The summed E-state index contributed by atoms with van der Waals surface area (Å²) in [5.41, 5.74) is 15.4. The third-order valence-electron chi connectivity index (χ3n) is 21.8. The van der Waals surface area contributed by atoms with Crippen molar-refractivity contribution in [3.05, 3.63) is 269 Å². The van der Waals surface area contributed by atoms with Gasteiger partial charge in [-0.15, -0.1) is 0 Å². The normalized spacial score (nSPS) is 23.4. The van der Waals surface area contributed by atoms with Gasteiger partial charge in [0.05, 0.1) is 42.6 Å². The first-order valence-corrected chi connectivity index (χ1v) is 37.1. The minimum absolute atomic E-state index is 0.148. The molecule has 3 amide bonds. The Morgan fingerprint density at radius 3 is 1.25 bits per heavy atom. The van der Waals surface area contributed by atoms with Gasteiger partial charge in [-0.1, -0.05) is 78.9 Å². The number of allylic oxidation sites excluding steroid dienone is 3. The summed E-state index contributed by atoms with van der Waals surface area (Å²) >= 11 is 0. The highest BCUT2D eigenvalue weighted by Crippen LogP contribution is 2.50. The maximum absolute atomic E-state index is 13.6. The smallest absolute Gasteiger partial charge is 0.407 e. The zero-order valence-electron chi connectivity index (χ0n) is 59.6. The number of ether oxygens (including phenoxy) is 3. The summed E-state index contributed by atoms with van der Waals surface area (Å²) in [6, 6.07) is 40.4. The first-order chi connectivity index (χ1) is 51.3. The van der Waals surface area contributed by atoms with Gasteiger partial charge in [0.25, 0.3) is 0 Å². The number of alkyl carbamates (subject to hydrolysis) is 3. The van der Waals surface area contributed by atoms with Crippen LogP contribution in [-0.4, -0.2) is 86.1 Å². The summed E-state index contributed by atoms with van der Waals surface area (Å²) in [7, 11) is 0. The van der Waals surface area contributed by atoms with Crippen LogP contribution in [0.1, 0.15) is 147 Å². The Balaban J connectivity index is 0.000000140. The van der Waals surface area contributed by atoms with Crippen molar-refractivity contribution >= 4 is 36.5 Å². The van der Waals surface area contributed by atoms with Crippen LogP contribution in [0.25, 0.3) is 51.6 Å². The molecule has 6 aliphatic rings. The Hall–Kier alpha value is -10.6. The van der Waals surface area contributed by atoms with Gasteiger partial charge in [0, 0.05) is 102 Å². The van der Waals surface area contributed by atoms with Gasteiger partial charge in [0.2, 0.25) is 0 Å². The van der Waals surface area contributed by atoms with Gasteiger partial charge < -0.3 is 30.2 Å². The molecular weight excluding hydrogens is 1320 g/mol. The lowest BCUT2D eigenvalue weighted by Crippen LogP contribution is -2.44. The van der Waals surface area contributed by atoms with Gasteiger partial charge in [-0.25, -0.2) is 27.6 Å². The minimum Gasteiger partial charge on any atom is -0.450 e. The summed E-state index contributed by atoms with van der Waals surface area (Å²) in [6.07, 6.45) is 38.8. The van der Waals surface area contributed by atoms with Crippen molar-refractivity contribution in [3.8, 4) is 33.4 Å². The molecule has 0 bridgehead atoms. The highest BCUT2D eigenvalue weighted by Gasteiger charge is 2.43. The Kier molecular flexibility index (Phi) is 24.1. The Morgan fingerprint density at radius 1 is 0.400 bits per heavy atom. The minimum atomic E-state index is -0.321. The first-order valence-electron chi connectivity index (χ1n) is 37.1. The van der Waals surface area contributed by atoms with E-state index >= 15 is 0 Å². The van der Waals surface area contributed by atoms with Crippen molar-refractivity contribution in [2.24, 2.45) is 35.5 Å². The van der Waals surface area contributed by atoms with Crippen LogP contribution in [0.15, 0.2) is 201 Å². The average Bonchev–Trinajstić information content (AvgIpc) is 0.781. The molecular formula is C87H90F3N9O6. The quantitative estimate of drug-likeness (QED) is 0.0824. The number of amides is 3. The van der Waals surface area contributed by atoms with E-state index < -0.39 is 0 Å². The zero-order chi connectivity index (χ0) is 72.6. The van der Waals surface area contributed by atoms with Gasteiger partial charge in [0.15, 0.2) is 0 Å². The van der Waals surface area contributed by atoms with Crippen LogP contribution in [-0.2, 0) is 33.5 Å². The number of nitrogens with one attached hydrogen (secondary N) is 3. The number of pyridine rings is 6. The third-order valence-corrected chi connectivity index (χ3v) is 21.8. The Bertz CT molecular complexity index is 4080. The van der Waals surface area contributed by atoms with E-state index in [4.69, 9.17) is 19.2 Å². The fourth-order valence-electron chi connectivity index (χ4n) is 17.0. The van der Waals surface area contributed by atoms with Gasteiger partial charge in [-0.3, -0.25) is 29.9 Å². The van der Waals surface area contributed by atoms with Gasteiger partial charge in [-0.05, 0) is 269 Å². The molecule has 15 rings (SSSR count). The molecule has 3 aromatic carbocycles. The molecule has 0 spiro atoms. The summed E-state index contributed by atoms with van der Waals surface area (Å²) in [5.74, 6) is 2.90. The number of aromatic nitrogens is 6.